The summed E-state index contributed by atoms with van der Waals surface area (Å²) in [5.41, 5.74) is 7.08. The van der Waals surface area contributed by atoms with E-state index >= 15 is 0 Å². The van der Waals surface area contributed by atoms with Crippen molar-refractivity contribution in [1.29, 1.82) is 0 Å². The minimum absolute atomic E-state index is 0.130. The van der Waals surface area contributed by atoms with Gasteiger partial charge in [0.2, 0.25) is 0 Å². The number of aromatic hydroxyl groups is 1. The summed E-state index contributed by atoms with van der Waals surface area (Å²) in [5.74, 6) is 0.130. The van der Waals surface area contributed by atoms with E-state index in [-0.39, 0.29) is 11.8 Å². The maximum absolute atomic E-state index is 9.27. The van der Waals surface area contributed by atoms with Crippen LogP contribution in [0.3, 0.4) is 0 Å². The molecular formula is C10H14N2O2. The summed E-state index contributed by atoms with van der Waals surface area (Å²) in [4.78, 5) is 0. The maximum Gasteiger partial charge on any atom is 0.138 e. The summed E-state index contributed by atoms with van der Waals surface area (Å²) in [7, 11) is 0. The molecule has 4 nitrogen and oxygen atoms in total. The molecule has 1 heterocycles. The van der Waals surface area contributed by atoms with Crippen molar-refractivity contribution in [2.24, 2.45) is 0 Å². The van der Waals surface area contributed by atoms with Crippen LogP contribution in [-0.2, 0) is 4.74 Å². The molecule has 1 aromatic rings. The van der Waals surface area contributed by atoms with Crippen LogP contribution in [0.15, 0.2) is 18.2 Å². The van der Waals surface area contributed by atoms with E-state index in [9.17, 15) is 5.11 Å². The van der Waals surface area contributed by atoms with Gasteiger partial charge in [-0.1, -0.05) is 6.07 Å². The van der Waals surface area contributed by atoms with Crippen molar-refractivity contribution >= 4 is 5.69 Å². The lowest BCUT2D eigenvalue weighted by atomic mass is 10.1. The molecule has 14 heavy (non-hydrogen) atoms. The standard InChI is InChI=1S/C10H14N2O2/c11-8-5-7(1-2-10(8)13)9-6-14-4-3-12-9/h1-2,5,9,12-13H,3-4,6,11H2. The molecule has 1 aromatic carbocycles. The number of rotatable bonds is 1. The zero-order valence-corrected chi connectivity index (χ0v) is 7.86. The van der Waals surface area contributed by atoms with Gasteiger partial charge in [0.05, 0.1) is 24.9 Å². The molecule has 76 valence electrons. The number of ether oxygens (including phenoxy) is 1. The van der Waals surface area contributed by atoms with Gasteiger partial charge in [-0.2, -0.15) is 0 Å². The third kappa shape index (κ3) is 1.81. The number of hydrogen-bond acceptors (Lipinski definition) is 4. The minimum Gasteiger partial charge on any atom is -0.506 e. The second kappa shape index (κ2) is 3.86. The van der Waals surface area contributed by atoms with Gasteiger partial charge in [0.1, 0.15) is 5.75 Å². The smallest absolute Gasteiger partial charge is 0.138 e. The van der Waals surface area contributed by atoms with Crippen LogP contribution in [0.25, 0.3) is 0 Å². The molecule has 2 rings (SSSR count). The van der Waals surface area contributed by atoms with Gasteiger partial charge in [0, 0.05) is 6.54 Å². The van der Waals surface area contributed by atoms with Gasteiger partial charge >= 0.3 is 0 Å². The summed E-state index contributed by atoms with van der Waals surface area (Å²) in [6.07, 6.45) is 0. The van der Waals surface area contributed by atoms with Gasteiger partial charge in [-0.05, 0) is 17.7 Å². The predicted molar refractivity (Wildman–Crippen MR) is 54.1 cm³/mol. The van der Waals surface area contributed by atoms with Gasteiger partial charge in [-0.15, -0.1) is 0 Å². The quantitative estimate of drug-likeness (QED) is 0.453. The van der Waals surface area contributed by atoms with E-state index in [1.54, 1.807) is 12.1 Å². The average molecular weight is 194 g/mol. The monoisotopic (exact) mass is 194 g/mol. The number of morpholine rings is 1. The van der Waals surface area contributed by atoms with Gasteiger partial charge in [-0.3, -0.25) is 0 Å². The first-order valence-corrected chi connectivity index (χ1v) is 4.67. The van der Waals surface area contributed by atoms with Crippen molar-refractivity contribution < 1.29 is 9.84 Å². The lowest BCUT2D eigenvalue weighted by Gasteiger charge is -2.24. The van der Waals surface area contributed by atoms with E-state index in [0.717, 1.165) is 18.7 Å². The average Bonchev–Trinajstić information content (AvgIpc) is 2.23. The Hall–Kier alpha value is -1.26. The van der Waals surface area contributed by atoms with Crippen LogP contribution in [0.1, 0.15) is 11.6 Å². The number of phenols is 1. The number of nitrogens with two attached hydrogens (primary N) is 1. The van der Waals surface area contributed by atoms with E-state index in [1.165, 1.54) is 0 Å². The Morgan fingerprint density at radius 2 is 2.36 bits per heavy atom. The van der Waals surface area contributed by atoms with Crippen LogP contribution in [0, 0.1) is 0 Å². The molecule has 0 radical (unpaired) electrons. The van der Waals surface area contributed by atoms with Crippen molar-refractivity contribution in [2.45, 2.75) is 6.04 Å². The Kier molecular flexibility index (Phi) is 2.56. The lowest BCUT2D eigenvalue weighted by molar-refractivity contribution is 0.0769. The summed E-state index contributed by atoms with van der Waals surface area (Å²) in [5, 5.41) is 12.6. The zero-order chi connectivity index (χ0) is 9.97. The van der Waals surface area contributed by atoms with E-state index in [2.05, 4.69) is 5.32 Å². The Balaban J connectivity index is 2.18. The third-order valence-electron chi connectivity index (χ3n) is 2.38. The van der Waals surface area contributed by atoms with Crippen molar-refractivity contribution in [1.82, 2.24) is 5.32 Å². The molecule has 4 heteroatoms. The largest absolute Gasteiger partial charge is 0.506 e. The molecule has 0 aromatic heterocycles. The van der Waals surface area contributed by atoms with Gasteiger partial charge in [0.15, 0.2) is 0 Å². The molecule has 1 saturated heterocycles. The van der Waals surface area contributed by atoms with Crippen molar-refractivity contribution in [3.8, 4) is 5.75 Å². The minimum atomic E-state index is 0.130. The van der Waals surface area contributed by atoms with Crippen molar-refractivity contribution in [2.75, 3.05) is 25.5 Å². The van der Waals surface area contributed by atoms with Gasteiger partial charge in [-0.25, -0.2) is 0 Å². The highest BCUT2D eigenvalue weighted by Crippen LogP contribution is 2.24. The third-order valence-corrected chi connectivity index (χ3v) is 2.38. The Morgan fingerprint density at radius 3 is 3.00 bits per heavy atom. The van der Waals surface area contributed by atoms with Crippen molar-refractivity contribution in [3.05, 3.63) is 23.8 Å². The zero-order valence-electron chi connectivity index (χ0n) is 7.86. The molecule has 0 amide bonds. The van der Waals surface area contributed by atoms with E-state index in [1.807, 2.05) is 6.07 Å². The predicted octanol–water partition coefficient (Wildman–Crippen LogP) is 0.635. The van der Waals surface area contributed by atoms with Crippen LogP contribution in [0.5, 0.6) is 5.75 Å². The summed E-state index contributed by atoms with van der Waals surface area (Å²) in [6.45, 7) is 2.26. The molecule has 1 unspecified atom stereocenters. The van der Waals surface area contributed by atoms with E-state index in [0.29, 0.717) is 12.3 Å². The summed E-state index contributed by atoms with van der Waals surface area (Å²) < 4.78 is 5.34. The highest BCUT2D eigenvalue weighted by Gasteiger charge is 2.15. The van der Waals surface area contributed by atoms with Crippen LogP contribution < -0.4 is 11.1 Å². The number of phenolic OH excluding ortho intramolecular Hbond substituents is 1. The Morgan fingerprint density at radius 1 is 1.50 bits per heavy atom. The number of nitrogen functional groups attached to an aromatic ring is 1. The second-order valence-corrected chi connectivity index (χ2v) is 3.40. The van der Waals surface area contributed by atoms with Crippen LogP contribution in [0.4, 0.5) is 5.69 Å². The fourth-order valence-electron chi connectivity index (χ4n) is 1.57. The van der Waals surface area contributed by atoms with Crippen LogP contribution in [-0.4, -0.2) is 24.9 Å². The SMILES string of the molecule is Nc1cc(C2COCCN2)ccc1O. The maximum atomic E-state index is 9.27. The number of benzene rings is 1. The second-order valence-electron chi connectivity index (χ2n) is 3.40. The van der Waals surface area contributed by atoms with Crippen LogP contribution >= 0.6 is 0 Å². The number of nitrogens with one attached hydrogen (secondary N) is 1. The first-order valence-electron chi connectivity index (χ1n) is 4.67. The summed E-state index contributed by atoms with van der Waals surface area (Å²) >= 11 is 0. The molecule has 4 N–H and O–H groups in total. The Labute approximate surface area is 82.7 Å². The number of anilines is 1. The molecule has 1 fully saturated rings. The molecule has 0 spiro atoms. The van der Waals surface area contributed by atoms with Gasteiger partial charge in [0.25, 0.3) is 0 Å². The molecule has 0 aliphatic carbocycles. The Bertz CT molecular complexity index is 322. The highest BCUT2D eigenvalue weighted by atomic mass is 16.5. The first kappa shape index (κ1) is 9.30. The molecule has 1 atom stereocenters. The molecule has 0 saturated carbocycles. The summed E-state index contributed by atoms with van der Waals surface area (Å²) in [6, 6.07) is 5.44. The lowest BCUT2D eigenvalue weighted by Crippen LogP contribution is -2.34. The molecule has 0 bridgehead atoms. The topological polar surface area (TPSA) is 67.5 Å². The molecule has 1 aliphatic heterocycles. The first-order chi connectivity index (χ1) is 6.77. The highest BCUT2D eigenvalue weighted by molar-refractivity contribution is 5.53. The fourth-order valence-corrected chi connectivity index (χ4v) is 1.57. The normalized spacial score (nSPS) is 22.1. The van der Waals surface area contributed by atoms with E-state index in [4.69, 9.17) is 10.5 Å². The van der Waals surface area contributed by atoms with Gasteiger partial charge < -0.3 is 20.9 Å². The van der Waals surface area contributed by atoms with Crippen LogP contribution in [0.2, 0.25) is 0 Å². The fraction of sp³-hybridized carbons (Fsp3) is 0.400. The van der Waals surface area contributed by atoms with Crippen molar-refractivity contribution in [3.63, 3.8) is 0 Å². The number of hydrogen-bond donors (Lipinski definition) is 3. The molecular weight excluding hydrogens is 180 g/mol. The van der Waals surface area contributed by atoms with E-state index < -0.39 is 0 Å². The molecule has 1 aliphatic rings.